The molecule has 0 fully saturated rings. The molecule has 0 aliphatic carbocycles. The molecule has 0 atom stereocenters. The summed E-state index contributed by atoms with van der Waals surface area (Å²) in [5.41, 5.74) is 0. The van der Waals surface area contributed by atoms with Gasteiger partial charge in [0.25, 0.3) is 0 Å². The van der Waals surface area contributed by atoms with Crippen LogP contribution in [-0.2, 0) is 5.11 Å². The lowest BCUT2D eigenvalue weighted by atomic mass is 10.2. The van der Waals surface area contributed by atoms with Crippen LogP contribution in [-0.4, -0.2) is 19.1 Å². The fourth-order valence-electron chi connectivity index (χ4n) is 1.17. The Labute approximate surface area is 114 Å². The molecule has 1 aromatic carbocycles. The van der Waals surface area contributed by atoms with Crippen molar-refractivity contribution in [2.24, 2.45) is 0 Å². The third-order valence-corrected chi connectivity index (χ3v) is 1.66. The third-order valence-electron chi connectivity index (χ3n) is 1.66. The first-order valence-electron chi connectivity index (χ1n) is 4.78. The lowest BCUT2D eigenvalue weighted by Crippen LogP contribution is -2.23. The Hall–Kier alpha value is -2.21. The molecule has 1 aromatic rings. The van der Waals surface area contributed by atoms with Crippen LogP contribution in [0.1, 0.15) is 0 Å². The summed E-state index contributed by atoms with van der Waals surface area (Å²) in [6.45, 7) is 0. The quantitative estimate of drug-likeness (QED) is 0.757. The Morgan fingerprint density at radius 2 is 0.955 bits per heavy atom. The fraction of sp³-hybridized carbons (Fsp3) is 0.333. The normalized spacial score (nSPS) is 13.0. The number of benzene rings is 1. The van der Waals surface area contributed by atoms with Crippen LogP contribution in [0.25, 0.3) is 0 Å². The largest absolute Gasteiger partial charge is 0.573 e. The van der Waals surface area contributed by atoms with E-state index in [1.54, 1.807) is 0 Å². The summed E-state index contributed by atoms with van der Waals surface area (Å²) in [5.74, 6) is -7.50. The molecule has 13 heteroatoms. The highest BCUT2D eigenvalue weighted by molar-refractivity contribution is 5.55. The SMILES string of the molecule is [O]c1cc(OC(F)(F)F)c(OC(F)(F)F)c(OC(F)(F)F)c1. The molecule has 0 spiro atoms. The molecule has 0 aromatic heterocycles. The van der Waals surface area contributed by atoms with Gasteiger partial charge in [-0.15, -0.1) is 39.5 Å². The van der Waals surface area contributed by atoms with Crippen LogP contribution in [0.15, 0.2) is 12.1 Å². The predicted molar refractivity (Wildman–Crippen MR) is 46.6 cm³/mol. The maximum atomic E-state index is 12.1. The summed E-state index contributed by atoms with van der Waals surface area (Å²) in [6.07, 6.45) is -16.8. The Morgan fingerprint density at radius 1 is 0.636 bits per heavy atom. The van der Waals surface area contributed by atoms with Gasteiger partial charge >= 0.3 is 19.1 Å². The minimum absolute atomic E-state index is 0.141. The highest BCUT2D eigenvalue weighted by Gasteiger charge is 2.41. The molecule has 1 rings (SSSR count). The van der Waals surface area contributed by atoms with Crippen LogP contribution in [0.3, 0.4) is 0 Å². The maximum Gasteiger partial charge on any atom is 0.573 e. The van der Waals surface area contributed by atoms with Gasteiger partial charge in [0.1, 0.15) is 0 Å². The van der Waals surface area contributed by atoms with Crippen molar-refractivity contribution >= 4 is 0 Å². The van der Waals surface area contributed by atoms with E-state index in [0.717, 1.165) is 0 Å². The van der Waals surface area contributed by atoms with Gasteiger partial charge in [0, 0.05) is 12.1 Å². The van der Waals surface area contributed by atoms with Gasteiger partial charge in [-0.1, -0.05) is 0 Å². The molecule has 125 valence electrons. The van der Waals surface area contributed by atoms with E-state index in [1.165, 1.54) is 0 Å². The standard InChI is InChI=1S/C9H2F9O4/c10-7(11,12)20-4-1-3(19)2-5(21-8(13,14)15)6(4)22-9(16,17)18/h1-2H. The topological polar surface area (TPSA) is 47.6 Å². The van der Waals surface area contributed by atoms with Crippen LogP contribution < -0.4 is 14.2 Å². The smallest absolute Gasteiger partial charge is 0.402 e. The van der Waals surface area contributed by atoms with Crippen molar-refractivity contribution in [3.05, 3.63) is 12.1 Å². The van der Waals surface area contributed by atoms with E-state index in [9.17, 15) is 44.6 Å². The molecule has 0 amide bonds. The minimum atomic E-state index is -5.67. The monoisotopic (exact) mass is 345 g/mol. The van der Waals surface area contributed by atoms with E-state index in [1.807, 2.05) is 0 Å². The zero-order valence-corrected chi connectivity index (χ0v) is 9.69. The first kappa shape index (κ1) is 17.8. The summed E-state index contributed by atoms with van der Waals surface area (Å²) in [7, 11) is 0. The second-order valence-electron chi connectivity index (χ2n) is 3.39. The van der Waals surface area contributed by atoms with Gasteiger partial charge in [0.2, 0.25) is 5.75 Å². The number of hydrogen-bond donors (Lipinski definition) is 0. The zero-order chi connectivity index (χ0) is 17.3. The second-order valence-corrected chi connectivity index (χ2v) is 3.39. The van der Waals surface area contributed by atoms with E-state index in [0.29, 0.717) is 0 Å². The molecule has 22 heavy (non-hydrogen) atoms. The van der Waals surface area contributed by atoms with Crippen molar-refractivity contribution in [2.75, 3.05) is 0 Å². The number of rotatable bonds is 3. The lowest BCUT2D eigenvalue weighted by Gasteiger charge is -2.19. The van der Waals surface area contributed by atoms with Gasteiger partial charge in [-0.2, -0.15) is 0 Å². The molecule has 4 nitrogen and oxygen atoms in total. The number of alkyl halides is 9. The van der Waals surface area contributed by atoms with E-state index in [-0.39, 0.29) is 12.1 Å². The van der Waals surface area contributed by atoms with Gasteiger partial charge in [-0.25, -0.2) is 0 Å². The Bertz CT molecular complexity index is 494. The summed E-state index contributed by atoms with van der Waals surface area (Å²) in [5, 5.41) is 11.0. The van der Waals surface area contributed by atoms with Crippen LogP contribution in [0, 0.1) is 0 Å². The van der Waals surface area contributed by atoms with Gasteiger partial charge in [0.15, 0.2) is 17.2 Å². The van der Waals surface area contributed by atoms with E-state index < -0.39 is 42.1 Å². The molecular formula is C9H2F9O4. The van der Waals surface area contributed by atoms with E-state index >= 15 is 0 Å². The highest BCUT2D eigenvalue weighted by Crippen LogP contribution is 2.46. The fourth-order valence-corrected chi connectivity index (χ4v) is 1.17. The molecule has 0 saturated carbocycles. The van der Waals surface area contributed by atoms with Crippen LogP contribution in [0.5, 0.6) is 23.0 Å². The summed E-state index contributed by atoms with van der Waals surface area (Å²) in [6, 6.07) is -0.282. The first-order valence-corrected chi connectivity index (χ1v) is 4.78. The highest BCUT2D eigenvalue weighted by atomic mass is 19.4. The molecule has 0 aliphatic heterocycles. The summed E-state index contributed by atoms with van der Waals surface area (Å²) >= 11 is 0. The molecule has 1 radical (unpaired) electrons. The van der Waals surface area contributed by atoms with Crippen LogP contribution in [0.2, 0.25) is 0 Å². The molecule has 0 N–H and O–H groups in total. The summed E-state index contributed by atoms with van der Waals surface area (Å²) < 4.78 is 118. The van der Waals surface area contributed by atoms with Gasteiger partial charge in [0.05, 0.1) is 0 Å². The van der Waals surface area contributed by atoms with Crippen molar-refractivity contribution in [3.63, 3.8) is 0 Å². The van der Waals surface area contributed by atoms with Gasteiger partial charge in [-0.3, -0.25) is 5.11 Å². The molecule has 0 heterocycles. The third kappa shape index (κ3) is 6.05. The molecule has 0 saturated heterocycles. The van der Waals surface area contributed by atoms with Crippen molar-refractivity contribution < 1.29 is 58.8 Å². The first-order chi connectivity index (χ1) is 9.66. The number of hydrogen-bond acceptors (Lipinski definition) is 3. The summed E-state index contributed by atoms with van der Waals surface area (Å²) in [4.78, 5) is 0. The number of ether oxygens (including phenoxy) is 3. The average Bonchev–Trinajstić information content (AvgIpc) is 2.16. The van der Waals surface area contributed by atoms with Crippen molar-refractivity contribution in [3.8, 4) is 23.0 Å². The molecule has 0 aliphatic rings. The zero-order valence-electron chi connectivity index (χ0n) is 9.69. The van der Waals surface area contributed by atoms with E-state index in [2.05, 4.69) is 14.2 Å². The number of halogens is 9. The molecule has 0 bridgehead atoms. The Balaban J connectivity index is 3.40. The maximum absolute atomic E-state index is 12.1. The Morgan fingerprint density at radius 3 is 1.23 bits per heavy atom. The lowest BCUT2D eigenvalue weighted by molar-refractivity contribution is -0.293. The van der Waals surface area contributed by atoms with Crippen LogP contribution in [0.4, 0.5) is 39.5 Å². The van der Waals surface area contributed by atoms with Gasteiger partial charge in [-0.05, 0) is 0 Å². The van der Waals surface area contributed by atoms with Gasteiger partial charge < -0.3 is 14.2 Å². The average molecular weight is 345 g/mol. The Kier molecular flexibility index (Phi) is 4.49. The van der Waals surface area contributed by atoms with Crippen molar-refractivity contribution in [1.82, 2.24) is 0 Å². The molecular weight excluding hydrogens is 343 g/mol. The minimum Gasteiger partial charge on any atom is -0.402 e. The predicted octanol–water partition coefficient (Wildman–Crippen LogP) is 4.53. The van der Waals surface area contributed by atoms with Crippen molar-refractivity contribution in [1.29, 1.82) is 0 Å². The van der Waals surface area contributed by atoms with Crippen LogP contribution >= 0.6 is 0 Å². The second kappa shape index (κ2) is 5.53. The van der Waals surface area contributed by atoms with Crippen molar-refractivity contribution in [2.45, 2.75) is 19.1 Å². The molecule has 0 unspecified atom stereocenters. The van der Waals surface area contributed by atoms with E-state index in [4.69, 9.17) is 0 Å².